The molecule has 0 unspecified atom stereocenters. The van der Waals surface area contributed by atoms with E-state index in [0.717, 1.165) is 9.65 Å². The molecular weight excluding hydrogens is 391 g/mol. The molecule has 28 heavy (non-hydrogen) atoms. The topological polar surface area (TPSA) is 36.9 Å². The number of rotatable bonds is 7. The van der Waals surface area contributed by atoms with Gasteiger partial charge in [-0.05, 0) is 45.9 Å². The Bertz CT molecular complexity index is 784. The summed E-state index contributed by atoms with van der Waals surface area (Å²) in [6.45, 7) is 13.9. The SMILES string of the molecule is COC(C)(C)C(C)(C)O[B]c1ccc(-c2ccc(C3OCC(C)(C)CO3)s2)s1. The molecule has 3 rings (SSSR count). The van der Waals surface area contributed by atoms with Crippen LogP contribution in [0.3, 0.4) is 0 Å². The van der Waals surface area contributed by atoms with Gasteiger partial charge in [0.15, 0.2) is 6.29 Å². The molecule has 7 heteroatoms. The van der Waals surface area contributed by atoms with E-state index in [-0.39, 0.29) is 17.3 Å². The van der Waals surface area contributed by atoms with Gasteiger partial charge in [0.25, 0.3) is 0 Å². The van der Waals surface area contributed by atoms with Gasteiger partial charge in [0.05, 0.1) is 29.3 Å². The minimum Gasteiger partial charge on any atom is -0.426 e. The zero-order valence-electron chi connectivity index (χ0n) is 17.8. The molecule has 2 aromatic heterocycles. The monoisotopic (exact) mass is 421 g/mol. The second-order valence-corrected chi connectivity index (χ2v) is 11.2. The van der Waals surface area contributed by atoms with E-state index >= 15 is 0 Å². The van der Waals surface area contributed by atoms with E-state index in [2.05, 4.69) is 38.1 Å². The van der Waals surface area contributed by atoms with Crippen LogP contribution in [-0.4, -0.2) is 39.0 Å². The van der Waals surface area contributed by atoms with Crippen molar-refractivity contribution in [1.29, 1.82) is 0 Å². The molecule has 0 spiro atoms. The van der Waals surface area contributed by atoms with Gasteiger partial charge in [0.2, 0.25) is 0 Å². The van der Waals surface area contributed by atoms with E-state index in [9.17, 15) is 0 Å². The Morgan fingerprint density at radius 1 is 0.964 bits per heavy atom. The largest absolute Gasteiger partial charge is 0.426 e. The summed E-state index contributed by atoms with van der Waals surface area (Å²) in [7, 11) is 3.54. The summed E-state index contributed by atoms with van der Waals surface area (Å²) >= 11 is 3.44. The first-order valence-corrected chi connectivity index (χ1v) is 11.2. The van der Waals surface area contributed by atoms with Gasteiger partial charge in [-0.3, -0.25) is 0 Å². The fourth-order valence-electron chi connectivity index (χ4n) is 2.61. The number of thiophene rings is 2. The molecule has 3 heterocycles. The molecule has 1 radical (unpaired) electrons. The number of hydrogen-bond acceptors (Lipinski definition) is 6. The fraction of sp³-hybridized carbons (Fsp3) is 0.619. The highest BCUT2D eigenvalue weighted by molar-refractivity contribution is 7.27. The smallest absolute Gasteiger partial charge is 0.341 e. The molecule has 1 aliphatic rings. The van der Waals surface area contributed by atoms with Gasteiger partial charge < -0.3 is 18.9 Å². The van der Waals surface area contributed by atoms with Crippen molar-refractivity contribution < 1.29 is 18.9 Å². The van der Waals surface area contributed by atoms with Crippen molar-refractivity contribution in [3.63, 3.8) is 0 Å². The van der Waals surface area contributed by atoms with Gasteiger partial charge >= 0.3 is 7.48 Å². The Hall–Kier alpha value is -0.695. The summed E-state index contributed by atoms with van der Waals surface area (Å²) in [4.78, 5) is 3.54. The van der Waals surface area contributed by atoms with Crippen LogP contribution >= 0.6 is 22.7 Å². The Labute approximate surface area is 177 Å². The normalized spacial score (nSPS) is 18.4. The van der Waals surface area contributed by atoms with E-state index < -0.39 is 5.60 Å². The molecule has 1 saturated heterocycles. The van der Waals surface area contributed by atoms with Crippen molar-refractivity contribution in [2.45, 2.75) is 59.0 Å². The lowest BCUT2D eigenvalue weighted by molar-refractivity contribution is -0.224. The second kappa shape index (κ2) is 8.21. The van der Waals surface area contributed by atoms with E-state index in [1.807, 2.05) is 35.2 Å². The van der Waals surface area contributed by atoms with E-state index in [1.54, 1.807) is 29.8 Å². The molecule has 0 aliphatic carbocycles. The highest BCUT2D eigenvalue weighted by atomic mass is 32.1. The van der Waals surface area contributed by atoms with Crippen LogP contribution in [0.15, 0.2) is 24.3 Å². The van der Waals surface area contributed by atoms with Crippen molar-refractivity contribution in [3.8, 4) is 9.75 Å². The van der Waals surface area contributed by atoms with Gasteiger partial charge in [-0.2, -0.15) is 0 Å². The molecule has 0 atom stereocenters. The first-order valence-electron chi connectivity index (χ1n) is 9.52. The molecule has 153 valence electrons. The van der Waals surface area contributed by atoms with Crippen LogP contribution in [0, 0.1) is 5.41 Å². The summed E-state index contributed by atoms with van der Waals surface area (Å²) in [5, 5.41) is 0. The predicted molar refractivity (Wildman–Crippen MR) is 118 cm³/mol. The van der Waals surface area contributed by atoms with Crippen LogP contribution in [0.5, 0.6) is 0 Å². The first kappa shape index (κ1) is 22.0. The molecule has 2 aromatic rings. The van der Waals surface area contributed by atoms with Crippen molar-refractivity contribution in [1.82, 2.24) is 0 Å². The molecule has 0 amide bonds. The summed E-state index contributed by atoms with van der Waals surface area (Å²) < 4.78 is 24.5. The minimum absolute atomic E-state index is 0.0836. The Kier molecular flexibility index (Phi) is 6.45. The average molecular weight is 421 g/mol. The van der Waals surface area contributed by atoms with Crippen LogP contribution in [0.4, 0.5) is 0 Å². The standard InChI is InChI=1S/C21H30BO4S2/c1-19(2)12-24-18(25-13-19)16-9-8-14(27-16)15-10-11-17(28-15)22-26-21(5,6)20(3,4)23-7/h8-11,18H,12-13H2,1-7H3. The summed E-state index contributed by atoms with van der Waals surface area (Å²) in [5.74, 6) is 0. The maximum Gasteiger partial charge on any atom is 0.341 e. The molecule has 0 bridgehead atoms. The van der Waals surface area contributed by atoms with Crippen LogP contribution in [0.1, 0.15) is 52.7 Å². The fourth-order valence-corrected chi connectivity index (χ4v) is 4.58. The van der Waals surface area contributed by atoms with Crippen molar-refractivity contribution in [3.05, 3.63) is 29.1 Å². The Morgan fingerprint density at radius 2 is 1.57 bits per heavy atom. The lowest BCUT2D eigenvalue weighted by Crippen LogP contribution is -2.50. The molecule has 1 fully saturated rings. The molecule has 0 saturated carbocycles. The van der Waals surface area contributed by atoms with Crippen molar-refractivity contribution in [2.75, 3.05) is 20.3 Å². The molecule has 4 nitrogen and oxygen atoms in total. The zero-order valence-corrected chi connectivity index (χ0v) is 19.5. The average Bonchev–Trinajstić information content (AvgIpc) is 3.29. The Balaban J connectivity index is 1.63. The van der Waals surface area contributed by atoms with Gasteiger partial charge in [0, 0.05) is 27.1 Å². The van der Waals surface area contributed by atoms with Gasteiger partial charge in [-0.15, -0.1) is 22.7 Å². The lowest BCUT2D eigenvalue weighted by Gasteiger charge is -2.40. The maximum atomic E-state index is 6.06. The van der Waals surface area contributed by atoms with E-state index in [4.69, 9.17) is 18.9 Å². The molecule has 0 aromatic carbocycles. The third-order valence-electron chi connectivity index (χ3n) is 5.41. The van der Waals surface area contributed by atoms with Crippen molar-refractivity contribution in [2.24, 2.45) is 5.41 Å². The summed E-state index contributed by atoms with van der Waals surface area (Å²) in [5.41, 5.74) is -0.744. The molecule has 1 aliphatic heterocycles. The van der Waals surface area contributed by atoms with Crippen LogP contribution in [0.2, 0.25) is 0 Å². The zero-order chi connectivity index (χ0) is 20.6. The van der Waals surface area contributed by atoms with Crippen LogP contribution in [-0.2, 0) is 18.9 Å². The second-order valence-electron chi connectivity index (χ2n) is 8.98. The number of methoxy groups -OCH3 is 1. The summed E-state index contributed by atoms with van der Waals surface area (Å²) in [6, 6.07) is 8.47. The first-order chi connectivity index (χ1) is 13.0. The number of ether oxygens (including phenoxy) is 3. The Morgan fingerprint density at radius 3 is 2.21 bits per heavy atom. The maximum absolute atomic E-state index is 6.06. The molecular formula is C21H30BO4S2. The highest BCUT2D eigenvalue weighted by Gasteiger charge is 2.38. The van der Waals surface area contributed by atoms with Gasteiger partial charge in [-0.25, -0.2) is 0 Å². The van der Waals surface area contributed by atoms with Gasteiger partial charge in [0.1, 0.15) is 0 Å². The third kappa shape index (κ3) is 4.89. The van der Waals surface area contributed by atoms with E-state index in [1.165, 1.54) is 9.75 Å². The third-order valence-corrected chi connectivity index (χ3v) is 7.72. The lowest BCUT2D eigenvalue weighted by atomic mass is 9.86. The van der Waals surface area contributed by atoms with Gasteiger partial charge in [-0.1, -0.05) is 19.9 Å². The molecule has 0 N–H and O–H groups in total. The highest BCUT2D eigenvalue weighted by Crippen LogP contribution is 2.38. The quantitative estimate of drug-likeness (QED) is 0.589. The number of hydrogen-bond donors (Lipinski definition) is 0. The summed E-state index contributed by atoms with van der Waals surface area (Å²) in [6.07, 6.45) is -0.252. The van der Waals surface area contributed by atoms with Crippen LogP contribution in [0.25, 0.3) is 9.75 Å². The van der Waals surface area contributed by atoms with Crippen LogP contribution < -0.4 is 4.78 Å². The minimum atomic E-state index is -0.439. The van der Waals surface area contributed by atoms with Crippen molar-refractivity contribution >= 4 is 34.9 Å². The van der Waals surface area contributed by atoms with E-state index in [0.29, 0.717) is 13.2 Å². The predicted octanol–water partition coefficient (Wildman–Crippen LogP) is 5.01.